The Morgan fingerprint density at radius 1 is 0.865 bits per heavy atom. The Kier molecular flexibility index (Phi) is 8.45. The van der Waals surface area contributed by atoms with Crippen molar-refractivity contribution < 1.29 is 33.2 Å². The molecule has 3 aromatic carbocycles. The highest BCUT2D eigenvalue weighted by Crippen LogP contribution is 2.36. The van der Waals surface area contributed by atoms with E-state index in [0.29, 0.717) is 13.2 Å². The summed E-state index contributed by atoms with van der Waals surface area (Å²) >= 11 is 0. The number of nitrogens with one attached hydrogen (secondary N) is 1. The molecule has 0 radical (unpaired) electrons. The third-order valence-corrected chi connectivity index (χ3v) is 6.43. The molecule has 1 amide bonds. The molecule has 2 saturated heterocycles. The average molecular weight is 506 g/mol. The number of carbonyl (C=O) groups is 1. The van der Waals surface area contributed by atoms with Gasteiger partial charge in [-0.15, -0.1) is 0 Å². The van der Waals surface area contributed by atoms with Crippen molar-refractivity contribution in [3.8, 4) is 0 Å². The zero-order valence-electron chi connectivity index (χ0n) is 20.6. The molecule has 0 aromatic heterocycles. The van der Waals surface area contributed by atoms with Gasteiger partial charge in [0.1, 0.15) is 31.0 Å². The second kappa shape index (κ2) is 12.3. The van der Waals surface area contributed by atoms with E-state index >= 15 is 0 Å². The molecule has 2 fully saturated rings. The maximum absolute atomic E-state index is 12.8. The van der Waals surface area contributed by atoms with Gasteiger partial charge in [0.15, 0.2) is 12.6 Å². The highest BCUT2D eigenvalue weighted by Gasteiger charge is 2.51. The van der Waals surface area contributed by atoms with E-state index in [1.165, 1.54) is 7.11 Å². The highest BCUT2D eigenvalue weighted by molar-refractivity contribution is 5.67. The Bertz CT molecular complexity index is 1110. The normalized spacial score (nSPS) is 27.2. The Morgan fingerprint density at radius 3 is 2.14 bits per heavy atom. The van der Waals surface area contributed by atoms with Crippen molar-refractivity contribution in [1.82, 2.24) is 5.32 Å². The van der Waals surface area contributed by atoms with Crippen molar-refractivity contribution in [3.63, 3.8) is 0 Å². The summed E-state index contributed by atoms with van der Waals surface area (Å²) in [6.45, 7) is 0.753. The zero-order chi connectivity index (χ0) is 25.5. The smallest absolute Gasteiger partial charge is 0.407 e. The zero-order valence-corrected chi connectivity index (χ0v) is 20.6. The topological polar surface area (TPSA) is 84.5 Å². The summed E-state index contributed by atoms with van der Waals surface area (Å²) in [5.41, 5.74) is 2.77. The number of fused-ring (bicyclic) bond motifs is 1. The van der Waals surface area contributed by atoms with Crippen LogP contribution in [-0.4, -0.2) is 50.5 Å². The van der Waals surface area contributed by atoms with Gasteiger partial charge in [0.25, 0.3) is 0 Å². The van der Waals surface area contributed by atoms with Crippen LogP contribution in [0.25, 0.3) is 0 Å². The van der Waals surface area contributed by atoms with Gasteiger partial charge in [-0.1, -0.05) is 91.0 Å². The molecule has 0 aliphatic carbocycles. The van der Waals surface area contributed by atoms with E-state index < -0.39 is 43.0 Å². The van der Waals surface area contributed by atoms with Gasteiger partial charge in [-0.25, -0.2) is 4.79 Å². The monoisotopic (exact) mass is 505 g/mol. The number of benzene rings is 3. The fourth-order valence-corrected chi connectivity index (χ4v) is 4.57. The van der Waals surface area contributed by atoms with Gasteiger partial charge in [0, 0.05) is 12.7 Å². The lowest BCUT2D eigenvalue weighted by molar-refractivity contribution is -0.346. The first kappa shape index (κ1) is 25.4. The van der Waals surface area contributed by atoms with Crippen molar-refractivity contribution in [2.75, 3.05) is 13.7 Å². The molecule has 0 bridgehead atoms. The van der Waals surface area contributed by atoms with E-state index in [1.54, 1.807) is 0 Å². The van der Waals surface area contributed by atoms with Crippen LogP contribution in [-0.2, 0) is 41.6 Å². The first-order chi connectivity index (χ1) is 18.2. The minimum atomic E-state index is -0.785. The summed E-state index contributed by atoms with van der Waals surface area (Å²) in [6, 6.07) is 28.3. The largest absolute Gasteiger partial charge is 0.445 e. The molecule has 8 nitrogen and oxygen atoms in total. The van der Waals surface area contributed by atoms with E-state index in [4.69, 9.17) is 28.4 Å². The van der Waals surface area contributed by atoms with Gasteiger partial charge in [-0.2, -0.15) is 0 Å². The quantitative estimate of drug-likeness (QED) is 0.487. The molecular weight excluding hydrogens is 474 g/mol. The molecule has 194 valence electrons. The number of amides is 1. The second-order valence-corrected chi connectivity index (χ2v) is 8.95. The van der Waals surface area contributed by atoms with Crippen molar-refractivity contribution in [2.24, 2.45) is 0 Å². The van der Waals surface area contributed by atoms with Crippen LogP contribution < -0.4 is 5.32 Å². The molecule has 2 aliphatic rings. The number of methoxy groups -OCH3 is 1. The molecule has 6 atom stereocenters. The Morgan fingerprint density at radius 2 is 1.49 bits per heavy atom. The number of hydrogen-bond acceptors (Lipinski definition) is 7. The highest BCUT2D eigenvalue weighted by atomic mass is 16.7. The minimum absolute atomic E-state index is 0.139. The number of carbonyl (C=O) groups excluding carboxylic acids is 1. The van der Waals surface area contributed by atoms with Crippen LogP contribution in [0, 0.1) is 0 Å². The van der Waals surface area contributed by atoms with E-state index in [0.717, 1.165) is 16.7 Å². The lowest BCUT2D eigenvalue weighted by Crippen LogP contribution is -2.67. The molecule has 37 heavy (non-hydrogen) atoms. The van der Waals surface area contributed by atoms with Crippen LogP contribution in [0.2, 0.25) is 0 Å². The first-order valence-corrected chi connectivity index (χ1v) is 12.3. The fraction of sp³-hybridized carbons (Fsp3) is 0.345. The van der Waals surface area contributed by atoms with Crippen LogP contribution in [0.15, 0.2) is 91.0 Å². The Hall–Kier alpha value is -3.27. The minimum Gasteiger partial charge on any atom is -0.445 e. The summed E-state index contributed by atoms with van der Waals surface area (Å²) in [5, 5.41) is 2.91. The van der Waals surface area contributed by atoms with E-state index in [9.17, 15) is 4.79 Å². The Labute approximate surface area is 216 Å². The number of hydrogen-bond donors (Lipinski definition) is 1. The van der Waals surface area contributed by atoms with Crippen molar-refractivity contribution in [2.45, 2.75) is 50.1 Å². The first-order valence-electron chi connectivity index (χ1n) is 12.3. The molecule has 2 heterocycles. The summed E-state index contributed by atoms with van der Waals surface area (Å²) < 4.78 is 36.0. The van der Waals surface area contributed by atoms with Gasteiger partial charge in [-0.3, -0.25) is 0 Å². The molecule has 2 aliphatic heterocycles. The maximum Gasteiger partial charge on any atom is 0.407 e. The summed E-state index contributed by atoms with van der Waals surface area (Å²) in [7, 11) is 1.53. The van der Waals surface area contributed by atoms with Crippen LogP contribution in [0.4, 0.5) is 4.79 Å². The molecule has 1 N–H and O–H groups in total. The summed E-state index contributed by atoms with van der Waals surface area (Å²) in [4.78, 5) is 12.8. The number of alkyl carbamates (subject to hydrolysis) is 1. The van der Waals surface area contributed by atoms with Gasteiger partial charge < -0.3 is 33.7 Å². The van der Waals surface area contributed by atoms with Gasteiger partial charge in [0.05, 0.1) is 13.2 Å². The lowest BCUT2D eigenvalue weighted by atomic mass is 9.95. The third kappa shape index (κ3) is 6.36. The standard InChI is InChI=1S/C29H31NO7/c1-32-28-24(30-29(31)35-18-21-13-7-3-8-14-21)26(33-17-20-11-5-2-6-12-20)25-23(36-28)19-34-27(37-25)22-15-9-4-10-16-22/h2-16,23-28H,17-19H2,1H3,(H,30,31)/t23-,24-,25-,26-,27-,28+/m1/s1. The van der Waals surface area contributed by atoms with Crippen LogP contribution in [0.1, 0.15) is 23.0 Å². The average Bonchev–Trinajstić information content (AvgIpc) is 2.96. The van der Waals surface area contributed by atoms with E-state index in [2.05, 4.69) is 5.32 Å². The predicted octanol–water partition coefficient (Wildman–Crippen LogP) is 4.35. The molecule has 5 rings (SSSR count). The molecule has 0 unspecified atom stereocenters. The SMILES string of the molecule is CO[C@H]1O[C@@H]2CO[C@@H](c3ccccc3)O[C@H]2[C@H](OCc2ccccc2)[C@H]1NC(=O)OCc1ccccc1. The fourth-order valence-electron chi connectivity index (χ4n) is 4.57. The van der Waals surface area contributed by atoms with Crippen LogP contribution >= 0.6 is 0 Å². The van der Waals surface area contributed by atoms with E-state index in [1.807, 2.05) is 91.0 Å². The Balaban J connectivity index is 1.35. The van der Waals surface area contributed by atoms with E-state index in [-0.39, 0.29) is 6.61 Å². The van der Waals surface area contributed by atoms with Crippen LogP contribution in [0.3, 0.4) is 0 Å². The predicted molar refractivity (Wildman–Crippen MR) is 134 cm³/mol. The molecular formula is C29H31NO7. The third-order valence-electron chi connectivity index (χ3n) is 6.43. The summed E-state index contributed by atoms with van der Waals surface area (Å²) in [5.74, 6) is 0. The summed E-state index contributed by atoms with van der Waals surface area (Å²) in [6.07, 6.45) is -3.52. The van der Waals surface area contributed by atoms with Crippen molar-refractivity contribution in [1.29, 1.82) is 0 Å². The number of rotatable bonds is 8. The molecule has 0 spiro atoms. The van der Waals surface area contributed by atoms with Gasteiger partial charge in [0.2, 0.25) is 0 Å². The van der Waals surface area contributed by atoms with Gasteiger partial charge >= 0.3 is 6.09 Å². The molecule has 0 saturated carbocycles. The van der Waals surface area contributed by atoms with Crippen molar-refractivity contribution in [3.05, 3.63) is 108 Å². The lowest BCUT2D eigenvalue weighted by Gasteiger charge is -2.48. The number of ether oxygens (including phenoxy) is 6. The van der Waals surface area contributed by atoms with Crippen molar-refractivity contribution >= 4 is 6.09 Å². The van der Waals surface area contributed by atoms with Gasteiger partial charge in [-0.05, 0) is 11.1 Å². The van der Waals surface area contributed by atoms with Crippen LogP contribution in [0.5, 0.6) is 0 Å². The second-order valence-electron chi connectivity index (χ2n) is 8.95. The molecule has 3 aromatic rings. The maximum atomic E-state index is 12.8. The molecule has 8 heteroatoms.